The van der Waals surface area contributed by atoms with Gasteiger partial charge < -0.3 is 19.7 Å². The Bertz CT molecular complexity index is 1370. The van der Waals surface area contributed by atoms with E-state index >= 15 is 0 Å². The number of carboxylic acid groups (broad SMARTS) is 1. The molecule has 0 aliphatic carbocycles. The number of carbonyl (C=O) groups is 2. The molecule has 2 N–H and O–H groups in total. The number of rotatable bonds is 9. The van der Waals surface area contributed by atoms with Gasteiger partial charge in [-0.3, -0.25) is 9.69 Å². The Kier molecular flexibility index (Phi) is 7.28. The number of hydrogen-bond acceptors (Lipinski definition) is 5. The van der Waals surface area contributed by atoms with E-state index in [0.29, 0.717) is 31.0 Å². The van der Waals surface area contributed by atoms with Crippen LogP contribution in [0.2, 0.25) is 0 Å². The van der Waals surface area contributed by atoms with Crippen molar-refractivity contribution in [1.82, 2.24) is 19.8 Å². The first-order chi connectivity index (χ1) is 18.1. The monoisotopic (exact) mass is 496 g/mol. The molecule has 1 amide bonds. The summed E-state index contributed by atoms with van der Waals surface area (Å²) in [6, 6.07) is 26.3. The van der Waals surface area contributed by atoms with Crippen LogP contribution in [0.3, 0.4) is 0 Å². The number of aromatic carboxylic acids is 1. The number of nitrogens with zero attached hydrogens (tertiary/aromatic N) is 3. The molecule has 37 heavy (non-hydrogen) atoms. The van der Waals surface area contributed by atoms with Crippen LogP contribution in [0.4, 0.5) is 0 Å². The van der Waals surface area contributed by atoms with Gasteiger partial charge in [0.05, 0.1) is 11.6 Å². The Morgan fingerprint density at radius 1 is 0.973 bits per heavy atom. The normalized spacial score (nSPS) is 15.1. The van der Waals surface area contributed by atoms with Crippen molar-refractivity contribution < 1.29 is 19.4 Å². The Hall–Kier alpha value is -4.43. The van der Waals surface area contributed by atoms with Gasteiger partial charge in [-0.15, -0.1) is 0 Å². The van der Waals surface area contributed by atoms with Crippen LogP contribution in [0.1, 0.15) is 43.8 Å². The summed E-state index contributed by atoms with van der Waals surface area (Å²) in [7, 11) is 0. The molecular weight excluding hydrogens is 468 g/mol. The quantitative estimate of drug-likeness (QED) is 0.364. The van der Waals surface area contributed by atoms with Gasteiger partial charge >= 0.3 is 5.97 Å². The van der Waals surface area contributed by atoms with E-state index in [1.807, 2.05) is 53.1 Å². The number of carboxylic acids is 1. The largest absolute Gasteiger partial charge is 0.492 e. The third-order valence-corrected chi connectivity index (χ3v) is 6.41. The van der Waals surface area contributed by atoms with E-state index in [-0.39, 0.29) is 24.1 Å². The average Bonchev–Trinajstić information content (AvgIpc) is 3.37. The summed E-state index contributed by atoms with van der Waals surface area (Å²) in [5, 5.41) is 12.1. The first-order valence-electron chi connectivity index (χ1n) is 12.2. The third-order valence-electron chi connectivity index (χ3n) is 6.41. The number of carbonyl (C=O) groups excluding carboxylic acids is 1. The number of nitrogens with one attached hydrogen (secondary N) is 1. The minimum absolute atomic E-state index is 0.108. The summed E-state index contributed by atoms with van der Waals surface area (Å²) in [5.74, 6) is 0.356. The van der Waals surface area contributed by atoms with E-state index in [2.05, 4.69) is 22.3 Å². The second-order valence-corrected chi connectivity index (χ2v) is 8.88. The van der Waals surface area contributed by atoms with E-state index < -0.39 is 5.97 Å². The van der Waals surface area contributed by atoms with E-state index in [1.54, 1.807) is 24.4 Å². The van der Waals surface area contributed by atoms with Crippen LogP contribution in [0, 0.1) is 0 Å². The van der Waals surface area contributed by atoms with Gasteiger partial charge in [-0.25, -0.2) is 9.78 Å². The lowest BCUT2D eigenvalue weighted by Gasteiger charge is -2.36. The highest BCUT2D eigenvalue weighted by Gasteiger charge is 2.32. The van der Waals surface area contributed by atoms with Gasteiger partial charge in [0.15, 0.2) is 0 Å². The summed E-state index contributed by atoms with van der Waals surface area (Å²) < 4.78 is 8.00. The number of benzene rings is 3. The van der Waals surface area contributed by atoms with Gasteiger partial charge in [0.1, 0.15) is 23.9 Å². The molecule has 1 atom stereocenters. The van der Waals surface area contributed by atoms with Crippen LogP contribution in [-0.4, -0.2) is 51.1 Å². The SMILES string of the molecule is O=C(O)c1cccc(CNC(=O)c2cn3c(n2)C(c2ccccc2)N(CCOc2ccccc2)CC3)c1. The fraction of sp³-hybridized carbons (Fsp3) is 0.207. The minimum Gasteiger partial charge on any atom is -0.492 e. The number of ether oxygens (including phenoxy) is 1. The van der Waals surface area contributed by atoms with Crippen molar-refractivity contribution in [2.75, 3.05) is 19.7 Å². The topological polar surface area (TPSA) is 96.7 Å². The molecule has 3 aromatic carbocycles. The predicted molar refractivity (Wildman–Crippen MR) is 139 cm³/mol. The van der Waals surface area contributed by atoms with Crippen LogP contribution >= 0.6 is 0 Å². The molecule has 0 bridgehead atoms. The van der Waals surface area contributed by atoms with Crippen molar-refractivity contribution in [3.05, 3.63) is 119 Å². The van der Waals surface area contributed by atoms with Gasteiger partial charge in [0.2, 0.25) is 0 Å². The fourth-order valence-electron chi connectivity index (χ4n) is 4.59. The third kappa shape index (κ3) is 5.70. The van der Waals surface area contributed by atoms with E-state index in [4.69, 9.17) is 9.72 Å². The summed E-state index contributed by atoms with van der Waals surface area (Å²) >= 11 is 0. The Balaban J connectivity index is 1.32. The predicted octanol–water partition coefficient (Wildman–Crippen LogP) is 4.00. The lowest BCUT2D eigenvalue weighted by Crippen LogP contribution is -2.41. The maximum atomic E-state index is 13.0. The van der Waals surface area contributed by atoms with Crippen LogP contribution in [-0.2, 0) is 13.1 Å². The summed E-state index contributed by atoms with van der Waals surface area (Å²) in [4.78, 5) is 31.3. The van der Waals surface area contributed by atoms with Crippen molar-refractivity contribution in [2.45, 2.75) is 19.1 Å². The van der Waals surface area contributed by atoms with Gasteiger partial charge in [0.25, 0.3) is 5.91 Å². The van der Waals surface area contributed by atoms with Crippen LogP contribution in [0.5, 0.6) is 5.75 Å². The van der Waals surface area contributed by atoms with Crippen molar-refractivity contribution in [2.24, 2.45) is 0 Å². The lowest BCUT2D eigenvalue weighted by molar-refractivity contribution is 0.0696. The maximum Gasteiger partial charge on any atom is 0.335 e. The van der Waals surface area contributed by atoms with Gasteiger partial charge in [-0.05, 0) is 35.4 Å². The number of hydrogen-bond donors (Lipinski definition) is 2. The summed E-state index contributed by atoms with van der Waals surface area (Å²) in [5.41, 5.74) is 2.34. The number of amides is 1. The highest BCUT2D eigenvalue weighted by atomic mass is 16.5. The molecule has 8 nitrogen and oxygen atoms in total. The summed E-state index contributed by atoms with van der Waals surface area (Å²) in [6.07, 6.45) is 1.80. The van der Waals surface area contributed by atoms with Crippen molar-refractivity contribution in [3.63, 3.8) is 0 Å². The van der Waals surface area contributed by atoms with Crippen LogP contribution < -0.4 is 10.1 Å². The summed E-state index contributed by atoms with van der Waals surface area (Å²) in [6.45, 7) is 2.97. The zero-order valence-electron chi connectivity index (χ0n) is 20.3. The fourth-order valence-corrected chi connectivity index (χ4v) is 4.59. The Labute approximate surface area is 215 Å². The first kappa shape index (κ1) is 24.3. The van der Waals surface area contributed by atoms with E-state index in [0.717, 1.165) is 23.7 Å². The van der Waals surface area contributed by atoms with Gasteiger partial charge in [-0.1, -0.05) is 60.7 Å². The number of para-hydroxylation sites is 1. The van der Waals surface area contributed by atoms with Crippen LogP contribution in [0.15, 0.2) is 91.1 Å². The zero-order valence-corrected chi connectivity index (χ0v) is 20.3. The molecule has 1 aliphatic rings. The van der Waals surface area contributed by atoms with E-state index in [1.165, 1.54) is 6.07 Å². The maximum absolute atomic E-state index is 13.0. The Morgan fingerprint density at radius 3 is 2.49 bits per heavy atom. The molecule has 8 heteroatoms. The molecule has 4 aromatic rings. The second-order valence-electron chi connectivity index (χ2n) is 8.88. The van der Waals surface area contributed by atoms with Crippen molar-refractivity contribution in [1.29, 1.82) is 0 Å². The smallest absolute Gasteiger partial charge is 0.335 e. The van der Waals surface area contributed by atoms with Crippen molar-refractivity contribution in [3.8, 4) is 5.75 Å². The molecule has 0 fully saturated rings. The number of aromatic nitrogens is 2. The van der Waals surface area contributed by atoms with Gasteiger partial charge in [-0.2, -0.15) is 0 Å². The molecule has 0 saturated carbocycles. The minimum atomic E-state index is -0.999. The standard InChI is InChI=1S/C29H28N4O4/c34-28(30-19-21-8-7-11-23(18-21)29(35)36)25-20-33-15-14-32(16-17-37-24-12-5-2-6-13-24)26(27(33)31-25)22-9-3-1-4-10-22/h1-13,18,20,26H,14-17,19H2,(H,30,34)(H,35,36). The molecular formula is C29H28N4O4. The van der Waals surface area contributed by atoms with Crippen molar-refractivity contribution >= 4 is 11.9 Å². The molecule has 1 aliphatic heterocycles. The Morgan fingerprint density at radius 2 is 1.73 bits per heavy atom. The van der Waals surface area contributed by atoms with Crippen LogP contribution in [0.25, 0.3) is 0 Å². The molecule has 0 saturated heterocycles. The number of fused-ring (bicyclic) bond motifs is 1. The molecule has 2 heterocycles. The molecule has 188 valence electrons. The lowest BCUT2D eigenvalue weighted by atomic mass is 10.0. The zero-order chi connectivity index (χ0) is 25.6. The second kappa shape index (κ2) is 11.1. The van der Waals surface area contributed by atoms with Gasteiger partial charge in [0, 0.05) is 32.4 Å². The highest BCUT2D eigenvalue weighted by Crippen LogP contribution is 2.31. The molecule has 0 spiro atoms. The molecule has 1 aromatic heterocycles. The first-order valence-corrected chi connectivity index (χ1v) is 12.2. The molecule has 5 rings (SSSR count). The molecule has 1 unspecified atom stereocenters. The molecule has 0 radical (unpaired) electrons. The number of imidazole rings is 1. The average molecular weight is 497 g/mol. The van der Waals surface area contributed by atoms with E-state index in [9.17, 15) is 14.7 Å². The highest BCUT2D eigenvalue weighted by molar-refractivity contribution is 5.92.